The fraction of sp³-hybridized carbons (Fsp3) is 0.267. The molecule has 0 saturated heterocycles. The summed E-state index contributed by atoms with van der Waals surface area (Å²) in [6, 6.07) is 35.3. The Morgan fingerprint density at radius 3 is 1.33 bits per heavy atom. The van der Waals surface area contributed by atoms with Crippen LogP contribution in [0.5, 0.6) is 0 Å². The van der Waals surface area contributed by atoms with Crippen LogP contribution in [0.3, 0.4) is 0 Å². The largest absolute Gasteiger partial charge is 0.477 e. The van der Waals surface area contributed by atoms with Crippen molar-refractivity contribution in [2.75, 3.05) is 26.2 Å². The summed E-state index contributed by atoms with van der Waals surface area (Å²) in [5.74, 6) is 3.27. The molecule has 0 bridgehead atoms. The fourth-order valence-corrected chi connectivity index (χ4v) is 6.53. The van der Waals surface area contributed by atoms with Gasteiger partial charge in [-0.1, -0.05) is 77.9 Å². The van der Waals surface area contributed by atoms with E-state index in [1.54, 1.807) is 24.8 Å². The molecule has 0 amide bonds. The van der Waals surface area contributed by atoms with E-state index in [0.717, 1.165) is 71.7 Å². The number of nitrogens with zero attached hydrogens (tertiary/aromatic N) is 8. The summed E-state index contributed by atoms with van der Waals surface area (Å²) in [6.07, 6.45) is 10.7. The second-order valence-corrected chi connectivity index (χ2v) is 12.8. The van der Waals surface area contributed by atoms with Crippen LogP contribution in [0.1, 0.15) is 64.3 Å². The zero-order chi connectivity index (χ0) is 36.7. The van der Waals surface area contributed by atoms with E-state index in [1.165, 1.54) is 22.3 Å². The SMILES string of the molecule is C.CCOC1N(c2ccc(CC)cc2)c2nccnc2N1c1ccc(CC)cc1.CCc1c[c-]c(N2[CH-]N(c3ccc(CC)cc3)c3nccnc32)cc1.[Ir]. The van der Waals surface area contributed by atoms with E-state index >= 15 is 0 Å². The maximum atomic E-state index is 6.20. The smallest absolute Gasteiger partial charge is 0.221 e. The fourth-order valence-electron chi connectivity index (χ4n) is 6.53. The molecule has 0 aliphatic carbocycles. The number of hydrogen-bond acceptors (Lipinski definition) is 9. The first-order valence-electron chi connectivity index (χ1n) is 18.6. The summed E-state index contributed by atoms with van der Waals surface area (Å²) in [4.78, 5) is 26.7. The Morgan fingerprint density at radius 1 is 0.527 bits per heavy atom. The van der Waals surface area contributed by atoms with Gasteiger partial charge in [0.1, 0.15) is 11.6 Å². The summed E-state index contributed by atoms with van der Waals surface area (Å²) >= 11 is 0. The molecule has 0 atom stereocenters. The van der Waals surface area contributed by atoms with E-state index < -0.39 is 0 Å². The molecule has 9 nitrogen and oxygen atoms in total. The molecule has 0 fully saturated rings. The quantitative estimate of drug-likeness (QED) is 0.125. The number of ether oxygens (including phenoxy) is 1. The van der Waals surface area contributed by atoms with Gasteiger partial charge in [-0.2, -0.15) is 23.8 Å². The number of rotatable bonds is 10. The molecular formula is C45H50IrN8O-2. The van der Waals surface area contributed by atoms with Gasteiger partial charge in [0.25, 0.3) is 0 Å². The molecule has 10 heteroatoms. The minimum absolute atomic E-state index is 0. The van der Waals surface area contributed by atoms with Gasteiger partial charge in [-0.3, -0.25) is 9.80 Å². The molecule has 2 aliphatic rings. The molecule has 0 spiro atoms. The number of hydrogen-bond donors (Lipinski definition) is 0. The Kier molecular flexibility index (Phi) is 14.1. The first kappa shape index (κ1) is 41.0. The maximum absolute atomic E-state index is 6.20. The zero-order valence-electron chi connectivity index (χ0n) is 31.5. The van der Waals surface area contributed by atoms with Crippen molar-refractivity contribution in [3.8, 4) is 0 Å². The van der Waals surface area contributed by atoms with Gasteiger partial charge in [0.05, 0.1) is 0 Å². The molecule has 0 unspecified atom stereocenters. The molecule has 6 aromatic rings. The van der Waals surface area contributed by atoms with Crippen molar-refractivity contribution in [1.29, 1.82) is 0 Å². The Bertz CT molecular complexity index is 1950. The minimum atomic E-state index is -0.331. The normalized spacial score (nSPS) is 13.0. The predicted molar refractivity (Wildman–Crippen MR) is 221 cm³/mol. The van der Waals surface area contributed by atoms with Gasteiger partial charge in [0.2, 0.25) is 6.35 Å². The molecule has 4 heterocycles. The summed E-state index contributed by atoms with van der Waals surface area (Å²) < 4.78 is 6.20. The maximum Gasteiger partial charge on any atom is 0.221 e. The molecule has 2 aliphatic heterocycles. The van der Waals surface area contributed by atoms with Crippen LogP contribution >= 0.6 is 0 Å². The minimum Gasteiger partial charge on any atom is -0.477 e. The number of aryl methyl sites for hydroxylation is 4. The zero-order valence-corrected chi connectivity index (χ0v) is 33.9. The molecule has 0 N–H and O–H groups in total. The van der Waals surface area contributed by atoms with E-state index in [4.69, 9.17) is 4.74 Å². The molecule has 287 valence electrons. The van der Waals surface area contributed by atoms with Crippen molar-refractivity contribution in [1.82, 2.24) is 19.9 Å². The van der Waals surface area contributed by atoms with Crippen LogP contribution in [0.15, 0.2) is 116 Å². The van der Waals surface area contributed by atoms with Gasteiger partial charge < -0.3 is 14.5 Å². The van der Waals surface area contributed by atoms with Crippen molar-refractivity contribution in [2.45, 2.75) is 74.1 Å². The third kappa shape index (κ3) is 8.57. The van der Waals surface area contributed by atoms with Crippen LogP contribution in [0.25, 0.3) is 0 Å². The van der Waals surface area contributed by atoms with Gasteiger partial charge in [0, 0.05) is 68.6 Å². The van der Waals surface area contributed by atoms with Crippen molar-refractivity contribution >= 4 is 46.0 Å². The van der Waals surface area contributed by atoms with E-state index in [2.05, 4.69) is 153 Å². The summed E-state index contributed by atoms with van der Waals surface area (Å²) in [7, 11) is 0. The second kappa shape index (κ2) is 18.9. The molecule has 2 aromatic heterocycles. The van der Waals surface area contributed by atoms with E-state index in [9.17, 15) is 0 Å². The standard InChI is InChI=1S/C23H26N4O.C21H20N4.CH4.Ir/c1-4-17-7-11-19(12-8-17)26-21-22(25-16-15-24-21)27(23(26)28-6-3)20-13-9-18(5-2)10-14-20;1-3-16-5-9-18(10-6-16)24-15-25(21-20(24)22-13-14-23-21)19-11-7-17(4-2)8-12-19;;/h7-16,23H,4-6H2,1-3H3;5-11,13-15H,3-4H2,1-2H3;1H4;/q;-2;;. The molecule has 0 saturated carbocycles. The summed E-state index contributed by atoms with van der Waals surface area (Å²) in [5.41, 5.74) is 9.34. The molecular weight excluding hydrogens is 861 g/mol. The first-order chi connectivity index (χ1) is 26.1. The van der Waals surface area contributed by atoms with Gasteiger partial charge >= 0.3 is 0 Å². The summed E-state index contributed by atoms with van der Waals surface area (Å²) in [5, 5.41) is 0. The number of benzene rings is 4. The van der Waals surface area contributed by atoms with Crippen LogP contribution in [0.4, 0.5) is 46.0 Å². The van der Waals surface area contributed by atoms with Gasteiger partial charge in [0.15, 0.2) is 11.6 Å². The molecule has 1 radical (unpaired) electrons. The van der Waals surface area contributed by atoms with Gasteiger partial charge in [-0.05, 0) is 79.3 Å². The Balaban J connectivity index is 0.000000205. The van der Waals surface area contributed by atoms with Crippen molar-refractivity contribution in [3.05, 3.63) is 151 Å². The van der Waals surface area contributed by atoms with Crippen molar-refractivity contribution in [3.63, 3.8) is 0 Å². The molecule has 4 aromatic carbocycles. The Morgan fingerprint density at radius 2 is 0.927 bits per heavy atom. The number of aromatic nitrogens is 4. The van der Waals surface area contributed by atoms with Crippen LogP contribution in [-0.4, -0.2) is 32.9 Å². The predicted octanol–water partition coefficient (Wildman–Crippen LogP) is 10.7. The van der Waals surface area contributed by atoms with Crippen LogP contribution in [0.2, 0.25) is 0 Å². The topological polar surface area (TPSA) is 73.8 Å². The third-order valence-corrected chi connectivity index (χ3v) is 9.62. The Labute approximate surface area is 340 Å². The van der Waals surface area contributed by atoms with Crippen molar-refractivity contribution < 1.29 is 24.8 Å². The van der Waals surface area contributed by atoms with Gasteiger partial charge in [-0.15, -0.1) is 18.4 Å². The average molecular weight is 911 g/mol. The van der Waals surface area contributed by atoms with E-state index in [1.807, 2.05) is 24.6 Å². The number of fused-ring (bicyclic) bond motifs is 2. The van der Waals surface area contributed by atoms with E-state index in [-0.39, 0.29) is 33.9 Å². The monoisotopic (exact) mass is 911 g/mol. The molecule has 8 rings (SSSR count). The van der Waals surface area contributed by atoms with Crippen LogP contribution in [0, 0.1) is 12.7 Å². The van der Waals surface area contributed by atoms with Gasteiger partial charge in [-0.25, -0.2) is 19.9 Å². The summed E-state index contributed by atoms with van der Waals surface area (Å²) in [6.45, 7) is 13.3. The second-order valence-electron chi connectivity index (χ2n) is 12.8. The van der Waals surface area contributed by atoms with E-state index in [0.29, 0.717) is 6.61 Å². The molecule has 55 heavy (non-hydrogen) atoms. The average Bonchev–Trinajstić information content (AvgIpc) is 3.77. The number of anilines is 8. The van der Waals surface area contributed by atoms with Crippen LogP contribution < -0.4 is 19.6 Å². The van der Waals surface area contributed by atoms with Crippen molar-refractivity contribution in [2.24, 2.45) is 0 Å². The third-order valence-electron chi connectivity index (χ3n) is 9.62. The Hall–Kier alpha value is -5.15. The first-order valence-corrected chi connectivity index (χ1v) is 18.6. The van der Waals surface area contributed by atoms with Crippen LogP contribution in [-0.2, 0) is 50.5 Å².